The molecule has 27 heavy (non-hydrogen) atoms. The molecule has 1 aliphatic rings. The van der Waals surface area contributed by atoms with E-state index in [1.54, 1.807) is 11.2 Å². The van der Waals surface area contributed by atoms with Gasteiger partial charge >= 0.3 is 0 Å². The molecule has 1 atom stereocenters. The van der Waals surface area contributed by atoms with E-state index < -0.39 is 0 Å². The van der Waals surface area contributed by atoms with E-state index in [0.717, 1.165) is 50.6 Å². The molecule has 0 amide bonds. The Morgan fingerprint density at radius 2 is 1.93 bits per heavy atom. The van der Waals surface area contributed by atoms with E-state index >= 15 is 0 Å². The van der Waals surface area contributed by atoms with E-state index in [2.05, 4.69) is 57.7 Å². The van der Waals surface area contributed by atoms with Crippen LogP contribution in [0.5, 0.6) is 0 Å². The van der Waals surface area contributed by atoms with Crippen LogP contribution in [0.25, 0.3) is 0 Å². The van der Waals surface area contributed by atoms with Crippen LogP contribution >= 0.6 is 0 Å². The quantitative estimate of drug-likeness (QED) is 0.687. The number of benzene rings is 1. The lowest BCUT2D eigenvalue weighted by molar-refractivity contribution is -0.933. The van der Waals surface area contributed by atoms with Crippen molar-refractivity contribution >= 4 is 5.69 Å². The van der Waals surface area contributed by atoms with Gasteiger partial charge in [-0.25, -0.2) is 4.68 Å². The fourth-order valence-electron chi connectivity index (χ4n) is 3.97. The van der Waals surface area contributed by atoms with Gasteiger partial charge in [-0.3, -0.25) is 0 Å². The lowest BCUT2D eigenvalue weighted by Gasteiger charge is -2.37. The van der Waals surface area contributed by atoms with E-state index in [-0.39, 0.29) is 0 Å². The van der Waals surface area contributed by atoms with Gasteiger partial charge in [-0.1, -0.05) is 31.5 Å². The second-order valence-corrected chi connectivity index (χ2v) is 7.10. The zero-order valence-corrected chi connectivity index (χ0v) is 15.8. The van der Waals surface area contributed by atoms with Gasteiger partial charge in [0.15, 0.2) is 0 Å². The monoisotopic (exact) mass is 367 g/mol. The number of furan rings is 1. The number of hydrogen-bond acceptors (Lipinski definition) is 5. The van der Waals surface area contributed by atoms with Crippen LogP contribution in [0.4, 0.5) is 5.69 Å². The Hall–Kier alpha value is -2.67. The standard InChI is InChI=1S/C20H26N6O/c1-2-7-19(20-21-22-23-26(20)16-18-10-6-15-27-18)25-13-11-24(12-14-25)17-8-4-3-5-9-17/h3-6,8-10,15,19H,2,7,11-14,16H2,1H3/p+1/t19-/m1/s1. The molecule has 1 N–H and O–H groups in total. The average molecular weight is 367 g/mol. The Labute approximate surface area is 159 Å². The van der Waals surface area contributed by atoms with Crippen LogP contribution in [0.1, 0.15) is 37.4 Å². The third kappa shape index (κ3) is 4.03. The van der Waals surface area contributed by atoms with Gasteiger partial charge in [0.1, 0.15) is 18.3 Å². The minimum Gasteiger partial charge on any atom is -0.467 e. The average Bonchev–Trinajstić information content (AvgIpc) is 3.40. The summed E-state index contributed by atoms with van der Waals surface area (Å²) in [4.78, 5) is 4.04. The molecule has 7 heteroatoms. The highest BCUT2D eigenvalue weighted by Crippen LogP contribution is 2.16. The van der Waals surface area contributed by atoms with E-state index in [9.17, 15) is 0 Å². The Bertz CT molecular complexity index is 808. The molecule has 7 nitrogen and oxygen atoms in total. The lowest BCUT2D eigenvalue weighted by atomic mass is 10.1. The zero-order chi connectivity index (χ0) is 18.5. The number of hydrogen-bond donors (Lipinski definition) is 1. The van der Waals surface area contributed by atoms with E-state index in [1.807, 2.05) is 16.8 Å². The van der Waals surface area contributed by atoms with Crippen LogP contribution < -0.4 is 9.80 Å². The van der Waals surface area contributed by atoms with Crippen LogP contribution in [-0.4, -0.2) is 46.4 Å². The van der Waals surface area contributed by atoms with Crippen LogP contribution in [0.15, 0.2) is 53.1 Å². The van der Waals surface area contributed by atoms with Crippen molar-refractivity contribution in [3.05, 3.63) is 60.3 Å². The normalized spacial score (nSPS) is 16.6. The third-order valence-corrected chi connectivity index (χ3v) is 5.35. The summed E-state index contributed by atoms with van der Waals surface area (Å²) >= 11 is 0. The van der Waals surface area contributed by atoms with Gasteiger partial charge in [-0.15, -0.1) is 5.10 Å². The molecule has 1 aliphatic heterocycles. The summed E-state index contributed by atoms with van der Waals surface area (Å²) in [6.07, 6.45) is 3.89. The summed E-state index contributed by atoms with van der Waals surface area (Å²) in [6.45, 7) is 7.10. The number of para-hydroxylation sites is 1. The Morgan fingerprint density at radius 3 is 2.63 bits per heavy atom. The minimum absolute atomic E-state index is 0.317. The number of rotatable bonds is 7. The Morgan fingerprint density at radius 1 is 1.11 bits per heavy atom. The van der Waals surface area contributed by atoms with Crippen LogP contribution in [0, 0.1) is 0 Å². The van der Waals surface area contributed by atoms with Gasteiger partial charge in [0.2, 0.25) is 5.82 Å². The molecule has 1 saturated heterocycles. The second-order valence-electron chi connectivity index (χ2n) is 7.10. The van der Waals surface area contributed by atoms with E-state index in [4.69, 9.17) is 4.42 Å². The van der Waals surface area contributed by atoms with Crippen molar-refractivity contribution in [1.82, 2.24) is 20.2 Å². The molecule has 2 aromatic heterocycles. The number of anilines is 1. The highest BCUT2D eigenvalue weighted by Gasteiger charge is 2.32. The van der Waals surface area contributed by atoms with Gasteiger partial charge in [-0.05, 0) is 34.7 Å². The topological polar surface area (TPSA) is 64.4 Å². The first kappa shape index (κ1) is 17.7. The van der Waals surface area contributed by atoms with Crippen molar-refractivity contribution in [1.29, 1.82) is 0 Å². The molecule has 0 aliphatic carbocycles. The maximum absolute atomic E-state index is 5.48. The number of tetrazole rings is 1. The highest BCUT2D eigenvalue weighted by atomic mass is 16.3. The summed E-state index contributed by atoms with van der Waals surface area (Å²) in [7, 11) is 0. The second kappa shape index (κ2) is 8.35. The molecule has 0 spiro atoms. The predicted octanol–water partition coefficient (Wildman–Crippen LogP) is 1.56. The van der Waals surface area contributed by atoms with Crippen molar-refractivity contribution in [2.45, 2.75) is 32.4 Å². The molecule has 3 aromatic rings. The maximum atomic E-state index is 5.48. The lowest BCUT2D eigenvalue weighted by Crippen LogP contribution is -3.15. The summed E-state index contributed by atoms with van der Waals surface area (Å²) in [6, 6.07) is 14.9. The molecular weight excluding hydrogens is 340 g/mol. The first-order valence-corrected chi connectivity index (χ1v) is 9.78. The molecule has 4 rings (SSSR count). The van der Waals surface area contributed by atoms with E-state index in [1.165, 1.54) is 5.69 Å². The van der Waals surface area contributed by atoms with Gasteiger partial charge in [0.25, 0.3) is 0 Å². The molecular formula is C20H27N6O+. The summed E-state index contributed by atoms with van der Waals surface area (Å²) in [5, 5.41) is 12.6. The highest BCUT2D eigenvalue weighted by molar-refractivity contribution is 5.46. The molecule has 142 valence electrons. The molecule has 1 fully saturated rings. The summed E-state index contributed by atoms with van der Waals surface area (Å²) < 4.78 is 7.38. The maximum Gasteiger partial charge on any atom is 0.209 e. The van der Waals surface area contributed by atoms with Crippen LogP contribution in [-0.2, 0) is 6.54 Å². The Kier molecular flexibility index (Phi) is 5.48. The molecule has 0 bridgehead atoms. The first-order valence-electron chi connectivity index (χ1n) is 9.78. The largest absolute Gasteiger partial charge is 0.467 e. The molecule has 3 heterocycles. The third-order valence-electron chi connectivity index (χ3n) is 5.35. The predicted molar refractivity (Wildman–Crippen MR) is 103 cm³/mol. The molecule has 0 unspecified atom stereocenters. The number of nitrogens with one attached hydrogen (secondary N) is 1. The number of piperazine rings is 1. The molecule has 0 saturated carbocycles. The smallest absolute Gasteiger partial charge is 0.209 e. The summed E-state index contributed by atoms with van der Waals surface area (Å²) in [5.74, 6) is 1.85. The van der Waals surface area contributed by atoms with Gasteiger partial charge in [-0.2, -0.15) is 0 Å². The fraction of sp³-hybridized carbons (Fsp3) is 0.450. The zero-order valence-electron chi connectivity index (χ0n) is 15.8. The SMILES string of the molecule is CCC[C@H](c1nnnn1Cc1ccco1)[NH+]1CCN(c2ccccc2)CC1. The summed E-state index contributed by atoms with van der Waals surface area (Å²) in [5.41, 5.74) is 1.31. The van der Waals surface area contributed by atoms with Gasteiger partial charge in [0, 0.05) is 12.1 Å². The number of quaternary nitrogens is 1. The van der Waals surface area contributed by atoms with Crippen LogP contribution in [0.3, 0.4) is 0 Å². The number of aromatic nitrogens is 4. The van der Waals surface area contributed by atoms with Crippen LogP contribution in [0.2, 0.25) is 0 Å². The van der Waals surface area contributed by atoms with E-state index in [0.29, 0.717) is 12.6 Å². The van der Waals surface area contributed by atoms with Gasteiger partial charge in [0.05, 0.1) is 32.4 Å². The first-order chi connectivity index (χ1) is 13.3. The minimum atomic E-state index is 0.317. The van der Waals surface area contributed by atoms with Crippen molar-refractivity contribution < 1.29 is 9.32 Å². The Balaban J connectivity index is 1.47. The molecule has 1 aromatic carbocycles. The van der Waals surface area contributed by atoms with Crippen molar-refractivity contribution in [3.8, 4) is 0 Å². The fourth-order valence-corrected chi connectivity index (χ4v) is 3.97. The molecule has 0 radical (unpaired) electrons. The number of nitrogens with zero attached hydrogens (tertiary/aromatic N) is 5. The van der Waals surface area contributed by atoms with Crippen molar-refractivity contribution in [2.75, 3.05) is 31.1 Å². The van der Waals surface area contributed by atoms with Gasteiger partial charge < -0.3 is 14.2 Å². The van der Waals surface area contributed by atoms with Crippen molar-refractivity contribution in [2.24, 2.45) is 0 Å². The van der Waals surface area contributed by atoms with Crippen molar-refractivity contribution in [3.63, 3.8) is 0 Å².